The summed E-state index contributed by atoms with van der Waals surface area (Å²) in [4.78, 5) is 0. The van der Waals surface area contributed by atoms with Crippen LogP contribution in [-0.4, -0.2) is 12.2 Å². The molecule has 0 aromatic carbocycles. The van der Waals surface area contributed by atoms with Crippen LogP contribution in [0.25, 0.3) is 0 Å². The second-order valence-corrected chi connectivity index (χ2v) is 1.26. The third kappa shape index (κ3) is 6.34. The van der Waals surface area contributed by atoms with Gasteiger partial charge in [-0.15, -0.1) is 24.0 Å². The third-order valence-electron chi connectivity index (χ3n) is 0.370. The van der Waals surface area contributed by atoms with Gasteiger partial charge in [-0.05, 0) is 12.2 Å². The molecule has 0 aromatic heterocycles. The Morgan fingerprint density at radius 2 is 2.12 bits per heavy atom. The third-order valence-corrected chi connectivity index (χ3v) is 0.590. The van der Waals surface area contributed by atoms with Gasteiger partial charge in [0.15, 0.2) is 5.11 Å². The van der Waals surface area contributed by atoms with E-state index in [-0.39, 0.29) is 24.0 Å². The highest BCUT2D eigenvalue weighted by Gasteiger charge is 1.80. The number of hydrogen-bond acceptors (Lipinski definition) is 3. The Hall–Kier alpha value is 0.340. The Kier molecular flexibility index (Phi) is 10.3. The molecule has 0 unspecified atom stereocenters. The predicted octanol–water partition coefficient (Wildman–Crippen LogP) is -0.923. The van der Waals surface area contributed by atoms with Gasteiger partial charge in [0.1, 0.15) is 0 Å². The molecule has 0 aromatic rings. The number of nitrogens with two attached hydrogens (primary N) is 1. The van der Waals surface area contributed by atoms with Gasteiger partial charge in [0.25, 0.3) is 0 Å². The summed E-state index contributed by atoms with van der Waals surface area (Å²) < 4.78 is 0. The molecule has 0 aliphatic heterocycles. The summed E-state index contributed by atoms with van der Waals surface area (Å²) in [6, 6.07) is 0. The molecule has 6 heteroatoms. The number of rotatable bonds is 1. The highest BCUT2D eigenvalue weighted by atomic mass is 127. The van der Waals surface area contributed by atoms with Crippen molar-refractivity contribution in [2.45, 2.75) is 0 Å². The van der Waals surface area contributed by atoms with Gasteiger partial charge in [0.05, 0.1) is 0 Å². The molecule has 0 atom stereocenters. The summed E-state index contributed by atoms with van der Waals surface area (Å²) in [5.41, 5.74) is 7.35. The molecule has 0 rings (SSSR count). The number of nitrogens with one attached hydrogen (secondary N) is 3. The van der Waals surface area contributed by atoms with Crippen LogP contribution in [0.1, 0.15) is 0 Å². The molecule has 0 aliphatic carbocycles. The van der Waals surface area contributed by atoms with Gasteiger partial charge in [-0.1, -0.05) is 0 Å². The lowest BCUT2D eigenvalue weighted by Crippen LogP contribution is -2.45. The van der Waals surface area contributed by atoms with Crippen molar-refractivity contribution in [3.63, 3.8) is 0 Å². The van der Waals surface area contributed by atoms with Gasteiger partial charge in [-0.3, -0.25) is 10.9 Å². The second kappa shape index (κ2) is 7.34. The molecule has 0 radical (unpaired) electrons. The minimum atomic E-state index is 0. The molecule has 0 heterocycles. The Morgan fingerprint density at radius 3 is 2.25 bits per heavy atom. The van der Waals surface area contributed by atoms with E-state index in [0.29, 0.717) is 5.11 Å². The molecule has 0 saturated carbocycles. The molecule has 8 heavy (non-hydrogen) atoms. The minimum absolute atomic E-state index is 0. The maximum Gasteiger partial charge on any atom is 0.195 e. The van der Waals surface area contributed by atoms with E-state index < -0.39 is 0 Å². The molecule has 50 valence electrons. The fourth-order valence-corrected chi connectivity index (χ4v) is 0.252. The smallest absolute Gasteiger partial charge is 0.195 e. The van der Waals surface area contributed by atoms with Gasteiger partial charge in [0, 0.05) is 7.05 Å². The lowest BCUT2D eigenvalue weighted by Gasteiger charge is -2.01. The molecular formula is C2H9IN4S. The van der Waals surface area contributed by atoms with Crippen LogP contribution in [0.2, 0.25) is 0 Å². The van der Waals surface area contributed by atoms with Crippen LogP contribution in [0.5, 0.6) is 0 Å². The molecule has 0 amide bonds. The lowest BCUT2D eigenvalue weighted by atomic mass is 11.1. The largest absolute Gasteiger partial charge is 0.300 e. The van der Waals surface area contributed by atoms with Crippen molar-refractivity contribution in [3.8, 4) is 0 Å². The first-order valence-electron chi connectivity index (χ1n) is 1.74. The second-order valence-electron chi connectivity index (χ2n) is 0.848. The number of thiocarbonyl (C=S) groups is 1. The zero-order valence-corrected chi connectivity index (χ0v) is 7.54. The molecular weight excluding hydrogens is 239 g/mol. The van der Waals surface area contributed by atoms with E-state index >= 15 is 0 Å². The minimum Gasteiger partial charge on any atom is -0.300 e. The first-order valence-corrected chi connectivity index (χ1v) is 2.15. The molecule has 0 spiro atoms. The monoisotopic (exact) mass is 248 g/mol. The SMILES string of the molecule is CNNC(=S)NN.I. The quantitative estimate of drug-likeness (QED) is 0.209. The van der Waals surface area contributed by atoms with Crippen LogP contribution in [0, 0.1) is 0 Å². The van der Waals surface area contributed by atoms with Crippen LogP contribution in [0.4, 0.5) is 0 Å². The van der Waals surface area contributed by atoms with E-state index in [9.17, 15) is 0 Å². The Morgan fingerprint density at radius 1 is 1.62 bits per heavy atom. The van der Waals surface area contributed by atoms with E-state index in [1.807, 2.05) is 0 Å². The lowest BCUT2D eigenvalue weighted by molar-refractivity contribution is 0.748. The van der Waals surface area contributed by atoms with Gasteiger partial charge < -0.3 is 0 Å². The van der Waals surface area contributed by atoms with Gasteiger partial charge >= 0.3 is 0 Å². The van der Waals surface area contributed by atoms with Crippen LogP contribution in [0.3, 0.4) is 0 Å². The molecule has 0 aliphatic rings. The molecule has 0 saturated heterocycles. The molecule has 0 bridgehead atoms. The fraction of sp³-hybridized carbons (Fsp3) is 0.500. The van der Waals surface area contributed by atoms with Crippen LogP contribution in [0.15, 0.2) is 0 Å². The molecule has 4 nitrogen and oxygen atoms in total. The van der Waals surface area contributed by atoms with E-state index in [0.717, 1.165) is 0 Å². The first kappa shape index (κ1) is 11.2. The van der Waals surface area contributed by atoms with E-state index in [1.54, 1.807) is 7.05 Å². The van der Waals surface area contributed by atoms with Crippen LogP contribution >= 0.6 is 36.2 Å². The van der Waals surface area contributed by atoms with Crippen molar-refractivity contribution in [3.05, 3.63) is 0 Å². The fourth-order valence-electron chi connectivity index (χ4n) is 0.150. The van der Waals surface area contributed by atoms with Gasteiger partial charge in [0.2, 0.25) is 0 Å². The van der Waals surface area contributed by atoms with Crippen LogP contribution in [-0.2, 0) is 0 Å². The normalized spacial score (nSPS) is 6.75. The first-order chi connectivity index (χ1) is 3.31. The zero-order valence-electron chi connectivity index (χ0n) is 4.39. The van der Waals surface area contributed by atoms with Gasteiger partial charge in [-0.25, -0.2) is 11.3 Å². The zero-order chi connectivity index (χ0) is 5.70. The Bertz CT molecular complexity index is 67.1. The average molecular weight is 248 g/mol. The summed E-state index contributed by atoms with van der Waals surface area (Å²) >= 11 is 4.54. The summed E-state index contributed by atoms with van der Waals surface area (Å²) in [6.45, 7) is 0. The maximum atomic E-state index is 4.86. The highest BCUT2D eigenvalue weighted by molar-refractivity contribution is 14.0. The summed E-state index contributed by atoms with van der Waals surface area (Å²) in [5.74, 6) is 4.86. The summed E-state index contributed by atoms with van der Waals surface area (Å²) in [5, 5.41) is 0.377. The van der Waals surface area contributed by atoms with E-state index in [2.05, 4.69) is 28.5 Å². The van der Waals surface area contributed by atoms with Gasteiger partial charge in [-0.2, -0.15) is 0 Å². The highest BCUT2D eigenvalue weighted by Crippen LogP contribution is 1.50. The number of hydrazine groups is 2. The predicted molar refractivity (Wildman–Crippen MR) is 47.5 cm³/mol. The number of hydrogen-bond donors (Lipinski definition) is 4. The molecule has 0 fully saturated rings. The topological polar surface area (TPSA) is 62.1 Å². The summed E-state index contributed by atoms with van der Waals surface area (Å²) in [7, 11) is 1.70. The summed E-state index contributed by atoms with van der Waals surface area (Å²) in [6.07, 6.45) is 0. The average Bonchev–Trinajstić information content (AvgIpc) is 1.68. The van der Waals surface area contributed by atoms with Crippen molar-refractivity contribution >= 4 is 41.3 Å². The van der Waals surface area contributed by atoms with Crippen LogP contribution < -0.4 is 22.1 Å². The van der Waals surface area contributed by atoms with Crippen molar-refractivity contribution in [1.29, 1.82) is 0 Å². The standard InChI is InChI=1S/C2H8N4S.HI/c1-4-6-2(7)5-3;/h4H,3H2,1H3,(H2,5,6,7);1H. The molecule has 5 N–H and O–H groups in total. The maximum absolute atomic E-state index is 4.86. The van der Waals surface area contributed by atoms with Crippen molar-refractivity contribution in [1.82, 2.24) is 16.3 Å². The Balaban J connectivity index is 0. The van der Waals surface area contributed by atoms with E-state index in [4.69, 9.17) is 5.84 Å². The van der Waals surface area contributed by atoms with Crippen molar-refractivity contribution in [2.24, 2.45) is 5.84 Å². The van der Waals surface area contributed by atoms with Crippen molar-refractivity contribution in [2.75, 3.05) is 7.05 Å². The Labute approximate surface area is 70.5 Å². The number of halogens is 1. The van der Waals surface area contributed by atoms with E-state index in [1.165, 1.54) is 0 Å². The van der Waals surface area contributed by atoms with Crippen molar-refractivity contribution < 1.29 is 0 Å².